The summed E-state index contributed by atoms with van der Waals surface area (Å²) < 4.78 is 32.2. The van der Waals surface area contributed by atoms with E-state index in [4.69, 9.17) is 10.5 Å². The Balaban J connectivity index is 0.00000200. The third kappa shape index (κ3) is 3.88. The molecule has 1 aliphatic heterocycles. The predicted molar refractivity (Wildman–Crippen MR) is 76.9 cm³/mol. The first-order valence-corrected chi connectivity index (χ1v) is 6.55. The standard InChI is InChI=1S/C14H20F2N2O.ClH/c1-19-12-5-6-18(11(7-12)8-17)9-10-3-2-4-13(15)14(10)16;/h2-4,11-12H,5-9,17H2,1H3;1H. The van der Waals surface area contributed by atoms with E-state index in [1.165, 1.54) is 6.07 Å². The number of nitrogens with zero attached hydrogens (tertiary/aromatic N) is 1. The Morgan fingerprint density at radius 1 is 1.40 bits per heavy atom. The first-order valence-electron chi connectivity index (χ1n) is 6.55. The second kappa shape index (κ2) is 7.88. The number of benzene rings is 1. The number of methoxy groups -OCH3 is 1. The minimum Gasteiger partial charge on any atom is -0.381 e. The van der Waals surface area contributed by atoms with Crippen LogP contribution in [0.5, 0.6) is 0 Å². The van der Waals surface area contributed by atoms with Crippen LogP contribution in [-0.4, -0.2) is 37.2 Å². The minimum atomic E-state index is -0.798. The average Bonchev–Trinajstić information content (AvgIpc) is 2.44. The Labute approximate surface area is 124 Å². The van der Waals surface area contributed by atoms with Crippen molar-refractivity contribution >= 4 is 12.4 Å². The van der Waals surface area contributed by atoms with Crippen LogP contribution in [0.25, 0.3) is 0 Å². The Bertz CT molecular complexity index is 434. The molecule has 0 saturated carbocycles. The molecule has 6 heteroatoms. The SMILES string of the molecule is COC1CCN(Cc2cccc(F)c2F)C(CN)C1.Cl. The summed E-state index contributed by atoms with van der Waals surface area (Å²) in [4.78, 5) is 2.10. The van der Waals surface area contributed by atoms with Gasteiger partial charge in [0.05, 0.1) is 6.10 Å². The molecule has 3 nitrogen and oxygen atoms in total. The van der Waals surface area contributed by atoms with Crippen LogP contribution in [0.2, 0.25) is 0 Å². The van der Waals surface area contributed by atoms with Gasteiger partial charge in [-0.1, -0.05) is 12.1 Å². The second-order valence-corrected chi connectivity index (χ2v) is 4.96. The van der Waals surface area contributed by atoms with Crippen LogP contribution < -0.4 is 5.73 Å². The summed E-state index contributed by atoms with van der Waals surface area (Å²) in [5, 5.41) is 0. The second-order valence-electron chi connectivity index (χ2n) is 4.96. The highest BCUT2D eigenvalue weighted by molar-refractivity contribution is 5.85. The van der Waals surface area contributed by atoms with E-state index >= 15 is 0 Å². The van der Waals surface area contributed by atoms with Crippen molar-refractivity contribution in [3.63, 3.8) is 0 Å². The van der Waals surface area contributed by atoms with Gasteiger partial charge in [-0.3, -0.25) is 4.90 Å². The van der Waals surface area contributed by atoms with Gasteiger partial charge in [-0.2, -0.15) is 0 Å². The van der Waals surface area contributed by atoms with Crippen molar-refractivity contribution in [2.24, 2.45) is 5.73 Å². The van der Waals surface area contributed by atoms with Gasteiger partial charge in [0, 0.05) is 38.3 Å². The molecule has 0 aromatic heterocycles. The number of likely N-dealkylation sites (tertiary alicyclic amines) is 1. The molecule has 1 saturated heterocycles. The third-order valence-corrected chi connectivity index (χ3v) is 3.80. The number of nitrogens with two attached hydrogens (primary N) is 1. The monoisotopic (exact) mass is 306 g/mol. The summed E-state index contributed by atoms with van der Waals surface area (Å²) >= 11 is 0. The summed E-state index contributed by atoms with van der Waals surface area (Å²) in [5.74, 6) is -1.55. The van der Waals surface area contributed by atoms with E-state index in [1.54, 1.807) is 13.2 Å². The highest BCUT2D eigenvalue weighted by Crippen LogP contribution is 2.22. The van der Waals surface area contributed by atoms with Gasteiger partial charge in [0.1, 0.15) is 0 Å². The van der Waals surface area contributed by atoms with Gasteiger partial charge in [0.2, 0.25) is 0 Å². The number of hydrogen-bond donors (Lipinski definition) is 1. The first kappa shape index (κ1) is 17.3. The van der Waals surface area contributed by atoms with Gasteiger partial charge in [-0.15, -0.1) is 12.4 Å². The van der Waals surface area contributed by atoms with E-state index in [-0.39, 0.29) is 24.6 Å². The molecule has 114 valence electrons. The van der Waals surface area contributed by atoms with E-state index in [1.807, 2.05) is 0 Å². The molecule has 2 atom stereocenters. The lowest BCUT2D eigenvalue weighted by Gasteiger charge is -2.38. The van der Waals surface area contributed by atoms with Crippen LogP contribution in [0, 0.1) is 11.6 Å². The Morgan fingerprint density at radius 2 is 2.15 bits per heavy atom. The zero-order chi connectivity index (χ0) is 13.8. The molecule has 1 heterocycles. The van der Waals surface area contributed by atoms with Crippen molar-refractivity contribution in [1.82, 2.24) is 4.90 Å². The van der Waals surface area contributed by atoms with E-state index in [0.29, 0.717) is 18.7 Å². The molecule has 20 heavy (non-hydrogen) atoms. The van der Waals surface area contributed by atoms with E-state index in [2.05, 4.69) is 4.90 Å². The normalized spacial score (nSPS) is 23.4. The van der Waals surface area contributed by atoms with Crippen LogP contribution in [-0.2, 0) is 11.3 Å². The van der Waals surface area contributed by atoms with E-state index < -0.39 is 11.6 Å². The van der Waals surface area contributed by atoms with Gasteiger partial charge in [0.25, 0.3) is 0 Å². The maximum atomic E-state index is 13.7. The summed E-state index contributed by atoms with van der Waals surface area (Å²) in [5.41, 5.74) is 6.15. The van der Waals surface area contributed by atoms with Crippen LogP contribution in [0.1, 0.15) is 18.4 Å². The molecule has 2 N–H and O–H groups in total. The number of halogens is 3. The molecule has 1 aliphatic rings. The van der Waals surface area contributed by atoms with Crippen molar-refractivity contribution in [2.45, 2.75) is 31.5 Å². The van der Waals surface area contributed by atoms with Crippen molar-refractivity contribution in [3.05, 3.63) is 35.4 Å². The molecule has 2 unspecified atom stereocenters. The molecule has 0 bridgehead atoms. The Kier molecular flexibility index (Phi) is 6.82. The van der Waals surface area contributed by atoms with Crippen LogP contribution >= 0.6 is 12.4 Å². The molecule has 0 radical (unpaired) electrons. The summed E-state index contributed by atoms with van der Waals surface area (Å²) in [7, 11) is 1.69. The van der Waals surface area contributed by atoms with Crippen LogP contribution in [0.3, 0.4) is 0 Å². The topological polar surface area (TPSA) is 38.5 Å². The predicted octanol–water partition coefficient (Wildman–Crippen LogP) is 2.32. The highest BCUT2D eigenvalue weighted by Gasteiger charge is 2.28. The largest absolute Gasteiger partial charge is 0.381 e. The fraction of sp³-hybridized carbons (Fsp3) is 0.571. The molecule has 0 amide bonds. The molecule has 1 fully saturated rings. The number of piperidine rings is 1. The minimum absolute atomic E-state index is 0. The number of ether oxygens (including phenoxy) is 1. The maximum absolute atomic E-state index is 13.7. The van der Waals surface area contributed by atoms with Gasteiger partial charge in [-0.25, -0.2) is 8.78 Å². The summed E-state index contributed by atoms with van der Waals surface area (Å²) in [6.07, 6.45) is 1.94. The Morgan fingerprint density at radius 3 is 2.80 bits per heavy atom. The highest BCUT2D eigenvalue weighted by atomic mass is 35.5. The van der Waals surface area contributed by atoms with Crippen molar-refractivity contribution in [3.8, 4) is 0 Å². The van der Waals surface area contributed by atoms with Gasteiger partial charge < -0.3 is 10.5 Å². The van der Waals surface area contributed by atoms with Gasteiger partial charge >= 0.3 is 0 Å². The Hall–Kier alpha value is -0.750. The van der Waals surface area contributed by atoms with Gasteiger partial charge in [0.15, 0.2) is 11.6 Å². The van der Waals surface area contributed by atoms with Crippen molar-refractivity contribution in [1.29, 1.82) is 0 Å². The average molecular weight is 307 g/mol. The lowest BCUT2D eigenvalue weighted by atomic mass is 9.98. The lowest BCUT2D eigenvalue weighted by Crippen LogP contribution is -2.48. The van der Waals surface area contributed by atoms with Crippen LogP contribution in [0.15, 0.2) is 18.2 Å². The van der Waals surface area contributed by atoms with E-state index in [0.717, 1.165) is 25.5 Å². The zero-order valence-corrected chi connectivity index (χ0v) is 12.3. The quantitative estimate of drug-likeness (QED) is 0.928. The van der Waals surface area contributed by atoms with E-state index in [9.17, 15) is 8.78 Å². The van der Waals surface area contributed by atoms with Gasteiger partial charge in [-0.05, 0) is 18.9 Å². The molecule has 2 rings (SSSR count). The fourth-order valence-corrected chi connectivity index (χ4v) is 2.62. The number of rotatable bonds is 4. The molecular formula is C14H21ClF2N2O. The summed E-state index contributed by atoms with van der Waals surface area (Å²) in [6, 6.07) is 4.44. The molecule has 1 aromatic rings. The smallest absolute Gasteiger partial charge is 0.163 e. The third-order valence-electron chi connectivity index (χ3n) is 3.80. The molecular weight excluding hydrogens is 286 g/mol. The summed E-state index contributed by atoms with van der Waals surface area (Å²) in [6.45, 7) is 1.68. The van der Waals surface area contributed by atoms with Crippen LogP contribution in [0.4, 0.5) is 8.78 Å². The maximum Gasteiger partial charge on any atom is 0.163 e. The zero-order valence-electron chi connectivity index (χ0n) is 11.5. The molecule has 0 spiro atoms. The van der Waals surface area contributed by atoms with Crippen molar-refractivity contribution < 1.29 is 13.5 Å². The lowest BCUT2D eigenvalue weighted by molar-refractivity contribution is 0.00981. The molecule has 0 aliphatic carbocycles. The van der Waals surface area contributed by atoms with Crippen molar-refractivity contribution in [2.75, 3.05) is 20.2 Å². The number of hydrogen-bond acceptors (Lipinski definition) is 3. The molecule has 1 aromatic carbocycles. The fourth-order valence-electron chi connectivity index (χ4n) is 2.62. The first-order chi connectivity index (χ1) is 9.15.